The van der Waals surface area contributed by atoms with Crippen LogP contribution >= 0.6 is 0 Å². The number of hydrogen-bond acceptors (Lipinski definition) is 3. The van der Waals surface area contributed by atoms with Crippen molar-refractivity contribution in [2.45, 2.75) is 19.3 Å². The van der Waals surface area contributed by atoms with E-state index in [1.165, 1.54) is 5.56 Å². The molecule has 4 nitrogen and oxygen atoms in total. The average Bonchev–Trinajstić information content (AvgIpc) is 2.28. The maximum Gasteiger partial charge on any atom is 0.220 e. The van der Waals surface area contributed by atoms with E-state index in [2.05, 4.69) is 10.3 Å². The van der Waals surface area contributed by atoms with E-state index >= 15 is 0 Å². The summed E-state index contributed by atoms with van der Waals surface area (Å²) in [5.74, 6) is 0.0782. The van der Waals surface area contributed by atoms with Crippen LogP contribution in [0.1, 0.15) is 18.4 Å². The molecule has 0 aromatic carbocycles. The van der Waals surface area contributed by atoms with E-state index in [0.29, 0.717) is 19.5 Å². The summed E-state index contributed by atoms with van der Waals surface area (Å²) in [7, 11) is 0. The molecule has 0 aliphatic heterocycles. The highest BCUT2D eigenvalue weighted by Crippen LogP contribution is 1.96. The number of pyridine rings is 1. The molecule has 0 saturated heterocycles. The van der Waals surface area contributed by atoms with E-state index in [1.54, 1.807) is 12.4 Å². The molecule has 82 valence electrons. The fraction of sp³-hybridized carbons (Fsp3) is 0.455. The summed E-state index contributed by atoms with van der Waals surface area (Å²) in [6.07, 6.45) is 5.63. The Hall–Kier alpha value is -1.42. The van der Waals surface area contributed by atoms with Crippen LogP contribution in [0.2, 0.25) is 0 Å². The van der Waals surface area contributed by atoms with E-state index in [0.717, 1.165) is 12.8 Å². The van der Waals surface area contributed by atoms with Gasteiger partial charge in [0, 0.05) is 25.4 Å². The molecule has 0 bridgehead atoms. The lowest BCUT2D eigenvalue weighted by Crippen LogP contribution is -2.25. The third kappa shape index (κ3) is 5.12. The minimum Gasteiger partial charge on any atom is -0.356 e. The van der Waals surface area contributed by atoms with Gasteiger partial charge in [-0.2, -0.15) is 0 Å². The zero-order valence-electron chi connectivity index (χ0n) is 8.78. The highest BCUT2D eigenvalue weighted by Gasteiger charge is 1.99. The summed E-state index contributed by atoms with van der Waals surface area (Å²) >= 11 is 0. The highest BCUT2D eigenvalue weighted by atomic mass is 16.1. The largest absolute Gasteiger partial charge is 0.356 e. The van der Waals surface area contributed by atoms with Gasteiger partial charge in [0.15, 0.2) is 0 Å². The zero-order chi connectivity index (χ0) is 10.9. The van der Waals surface area contributed by atoms with E-state index in [-0.39, 0.29) is 5.91 Å². The standard InChI is InChI=1S/C11H17N3O/c12-6-1-2-11(15)14-9-5-10-3-7-13-8-4-10/h3-4,7-8H,1-2,5-6,9,12H2,(H,14,15). The van der Waals surface area contributed by atoms with Crippen molar-refractivity contribution in [2.24, 2.45) is 5.73 Å². The van der Waals surface area contributed by atoms with Gasteiger partial charge in [-0.05, 0) is 37.1 Å². The first kappa shape index (κ1) is 11.7. The monoisotopic (exact) mass is 207 g/mol. The second-order valence-electron chi connectivity index (χ2n) is 3.35. The summed E-state index contributed by atoms with van der Waals surface area (Å²) in [5, 5.41) is 2.85. The molecular formula is C11H17N3O. The third-order valence-corrected chi connectivity index (χ3v) is 2.09. The molecule has 0 aliphatic carbocycles. The van der Waals surface area contributed by atoms with Crippen LogP contribution in [0.5, 0.6) is 0 Å². The number of carbonyl (C=O) groups is 1. The third-order valence-electron chi connectivity index (χ3n) is 2.09. The maximum atomic E-state index is 11.2. The second kappa shape index (κ2) is 6.95. The molecule has 0 radical (unpaired) electrons. The molecule has 0 aliphatic rings. The van der Waals surface area contributed by atoms with Gasteiger partial charge in [0.25, 0.3) is 0 Å². The number of rotatable bonds is 6. The number of carbonyl (C=O) groups excluding carboxylic acids is 1. The van der Waals surface area contributed by atoms with Crippen LogP contribution in [-0.2, 0) is 11.2 Å². The lowest BCUT2D eigenvalue weighted by Gasteiger charge is -2.04. The average molecular weight is 207 g/mol. The summed E-state index contributed by atoms with van der Waals surface area (Å²) in [6.45, 7) is 1.24. The Morgan fingerprint density at radius 3 is 2.80 bits per heavy atom. The minimum atomic E-state index is 0.0782. The van der Waals surface area contributed by atoms with E-state index in [1.807, 2.05) is 12.1 Å². The molecule has 4 heteroatoms. The number of hydrogen-bond donors (Lipinski definition) is 2. The molecule has 3 N–H and O–H groups in total. The van der Waals surface area contributed by atoms with Gasteiger partial charge in [-0.25, -0.2) is 0 Å². The van der Waals surface area contributed by atoms with Crippen molar-refractivity contribution in [1.29, 1.82) is 0 Å². The normalized spacial score (nSPS) is 9.93. The van der Waals surface area contributed by atoms with Crippen LogP contribution in [-0.4, -0.2) is 24.0 Å². The Morgan fingerprint density at radius 2 is 2.13 bits per heavy atom. The number of nitrogens with one attached hydrogen (secondary N) is 1. The fourth-order valence-electron chi connectivity index (χ4n) is 1.25. The van der Waals surface area contributed by atoms with Crippen molar-refractivity contribution < 1.29 is 4.79 Å². The molecule has 1 rings (SSSR count). The predicted octanol–water partition coefficient (Wildman–Crippen LogP) is 0.479. The Labute approximate surface area is 89.9 Å². The second-order valence-corrected chi connectivity index (χ2v) is 3.35. The molecule has 1 amide bonds. The number of nitrogens with zero attached hydrogens (tertiary/aromatic N) is 1. The van der Waals surface area contributed by atoms with Crippen molar-refractivity contribution in [1.82, 2.24) is 10.3 Å². The van der Waals surface area contributed by atoms with E-state index < -0.39 is 0 Å². The first-order valence-electron chi connectivity index (χ1n) is 5.18. The predicted molar refractivity (Wildman–Crippen MR) is 59.2 cm³/mol. The Bertz CT molecular complexity index is 287. The van der Waals surface area contributed by atoms with Crippen LogP contribution in [0.4, 0.5) is 0 Å². The van der Waals surface area contributed by atoms with Crippen molar-refractivity contribution >= 4 is 5.91 Å². The smallest absolute Gasteiger partial charge is 0.220 e. The SMILES string of the molecule is NCCCC(=O)NCCc1ccncc1. The molecule has 0 saturated carbocycles. The lowest BCUT2D eigenvalue weighted by atomic mass is 10.2. The summed E-state index contributed by atoms with van der Waals surface area (Å²) in [4.78, 5) is 15.1. The minimum absolute atomic E-state index is 0.0782. The zero-order valence-corrected chi connectivity index (χ0v) is 8.78. The van der Waals surface area contributed by atoms with Gasteiger partial charge in [-0.1, -0.05) is 0 Å². The van der Waals surface area contributed by atoms with Gasteiger partial charge >= 0.3 is 0 Å². The topological polar surface area (TPSA) is 68.0 Å². The number of nitrogens with two attached hydrogens (primary N) is 1. The molecule has 0 spiro atoms. The molecular weight excluding hydrogens is 190 g/mol. The van der Waals surface area contributed by atoms with Gasteiger partial charge in [0.2, 0.25) is 5.91 Å². The molecule has 0 unspecified atom stereocenters. The van der Waals surface area contributed by atoms with E-state index in [4.69, 9.17) is 5.73 Å². The van der Waals surface area contributed by atoms with Crippen molar-refractivity contribution in [3.05, 3.63) is 30.1 Å². The van der Waals surface area contributed by atoms with Crippen LogP contribution < -0.4 is 11.1 Å². The summed E-state index contributed by atoms with van der Waals surface area (Å²) in [6, 6.07) is 3.90. The highest BCUT2D eigenvalue weighted by molar-refractivity contribution is 5.75. The van der Waals surface area contributed by atoms with Gasteiger partial charge in [0.1, 0.15) is 0 Å². The van der Waals surface area contributed by atoms with E-state index in [9.17, 15) is 4.79 Å². The number of amides is 1. The quantitative estimate of drug-likeness (QED) is 0.713. The molecule has 0 fully saturated rings. The fourth-order valence-corrected chi connectivity index (χ4v) is 1.25. The van der Waals surface area contributed by atoms with Crippen molar-refractivity contribution in [3.8, 4) is 0 Å². The first-order valence-corrected chi connectivity index (χ1v) is 5.18. The lowest BCUT2D eigenvalue weighted by molar-refractivity contribution is -0.121. The molecule has 15 heavy (non-hydrogen) atoms. The van der Waals surface area contributed by atoms with Crippen molar-refractivity contribution in [2.75, 3.05) is 13.1 Å². The van der Waals surface area contributed by atoms with Crippen molar-refractivity contribution in [3.63, 3.8) is 0 Å². The summed E-state index contributed by atoms with van der Waals surface area (Å²) in [5.41, 5.74) is 6.49. The summed E-state index contributed by atoms with van der Waals surface area (Å²) < 4.78 is 0. The van der Waals surface area contributed by atoms with Gasteiger partial charge < -0.3 is 11.1 Å². The molecule has 0 atom stereocenters. The maximum absolute atomic E-state index is 11.2. The Kier molecular flexibility index (Phi) is 5.40. The van der Waals surface area contributed by atoms with Crippen LogP contribution in [0.25, 0.3) is 0 Å². The van der Waals surface area contributed by atoms with Gasteiger partial charge in [0.05, 0.1) is 0 Å². The molecule has 1 aromatic heterocycles. The van der Waals surface area contributed by atoms with Crippen LogP contribution in [0.3, 0.4) is 0 Å². The first-order chi connectivity index (χ1) is 7.33. The molecule has 1 heterocycles. The number of aromatic nitrogens is 1. The van der Waals surface area contributed by atoms with Crippen LogP contribution in [0.15, 0.2) is 24.5 Å². The molecule has 1 aromatic rings. The Balaban J connectivity index is 2.14. The van der Waals surface area contributed by atoms with Gasteiger partial charge in [-0.3, -0.25) is 9.78 Å². The van der Waals surface area contributed by atoms with Gasteiger partial charge in [-0.15, -0.1) is 0 Å². The Morgan fingerprint density at radius 1 is 1.40 bits per heavy atom. The van der Waals surface area contributed by atoms with Crippen LogP contribution in [0, 0.1) is 0 Å².